The Kier molecular flexibility index (Phi) is 4.88. The van der Waals surface area contributed by atoms with E-state index < -0.39 is 12.0 Å². The molecular formula is C6H14N2O2. The van der Waals surface area contributed by atoms with Crippen molar-refractivity contribution in [3.63, 3.8) is 0 Å². The number of carbonyl (C=O) groups is 1. The number of hydrogen-bond donors (Lipinski definition) is 3. The molecule has 0 aromatic heterocycles. The van der Waals surface area contributed by atoms with Gasteiger partial charge in [0.05, 0.1) is 0 Å². The van der Waals surface area contributed by atoms with Gasteiger partial charge in [-0.2, -0.15) is 0 Å². The van der Waals surface area contributed by atoms with Crippen molar-refractivity contribution >= 4 is 5.97 Å². The average molecular weight is 146 g/mol. The van der Waals surface area contributed by atoms with Gasteiger partial charge in [0.1, 0.15) is 6.04 Å². The van der Waals surface area contributed by atoms with Crippen LogP contribution in [-0.4, -0.2) is 30.7 Å². The molecule has 4 nitrogen and oxygen atoms in total. The standard InChI is InChI=1S/C6H14N2O2/c1-8-4-2-3-5(7)6(9)10/h5,8H,2-4,7H2,1H3,(H,9,10)/t5-/m0/s1. The van der Waals surface area contributed by atoms with Crippen molar-refractivity contribution in [2.24, 2.45) is 5.73 Å². The minimum absolute atomic E-state index is 0.538. The molecule has 10 heavy (non-hydrogen) atoms. The monoisotopic (exact) mass is 146 g/mol. The van der Waals surface area contributed by atoms with Gasteiger partial charge >= 0.3 is 5.97 Å². The van der Waals surface area contributed by atoms with E-state index in [1.165, 1.54) is 0 Å². The summed E-state index contributed by atoms with van der Waals surface area (Å²) in [6.45, 7) is 0.820. The smallest absolute Gasteiger partial charge is 0.320 e. The molecule has 0 spiro atoms. The molecule has 4 heteroatoms. The van der Waals surface area contributed by atoms with E-state index in [1.54, 1.807) is 0 Å². The van der Waals surface area contributed by atoms with Crippen molar-refractivity contribution in [3.8, 4) is 0 Å². The highest BCUT2D eigenvalue weighted by molar-refractivity contribution is 5.72. The van der Waals surface area contributed by atoms with Gasteiger partial charge in [0.2, 0.25) is 0 Å². The minimum Gasteiger partial charge on any atom is -0.480 e. The van der Waals surface area contributed by atoms with E-state index in [4.69, 9.17) is 10.8 Å². The van der Waals surface area contributed by atoms with Crippen LogP contribution < -0.4 is 11.1 Å². The Labute approximate surface area is 60.4 Å². The zero-order valence-corrected chi connectivity index (χ0v) is 6.13. The van der Waals surface area contributed by atoms with Gasteiger partial charge in [-0.25, -0.2) is 0 Å². The fraction of sp³-hybridized carbons (Fsp3) is 0.833. The maximum atomic E-state index is 10.1. The molecule has 0 bridgehead atoms. The van der Waals surface area contributed by atoms with Gasteiger partial charge in [0, 0.05) is 0 Å². The summed E-state index contributed by atoms with van der Waals surface area (Å²) in [6, 6.07) is -0.701. The molecule has 0 aromatic rings. The molecule has 0 aliphatic rings. The number of carboxylic acid groups (broad SMARTS) is 1. The first-order valence-electron chi connectivity index (χ1n) is 3.31. The lowest BCUT2D eigenvalue weighted by Crippen LogP contribution is -2.30. The summed E-state index contributed by atoms with van der Waals surface area (Å²) in [5.41, 5.74) is 5.23. The van der Waals surface area contributed by atoms with Crippen LogP contribution in [0.4, 0.5) is 0 Å². The Morgan fingerprint density at radius 1 is 1.80 bits per heavy atom. The van der Waals surface area contributed by atoms with Crippen LogP contribution in [0.15, 0.2) is 0 Å². The van der Waals surface area contributed by atoms with Gasteiger partial charge < -0.3 is 16.2 Å². The van der Waals surface area contributed by atoms with Crippen LogP contribution in [-0.2, 0) is 4.79 Å². The molecule has 0 amide bonds. The van der Waals surface area contributed by atoms with Gasteiger partial charge in [0.25, 0.3) is 0 Å². The first-order valence-corrected chi connectivity index (χ1v) is 3.31. The maximum absolute atomic E-state index is 10.1. The second-order valence-corrected chi connectivity index (χ2v) is 2.19. The molecule has 0 heterocycles. The fourth-order valence-corrected chi connectivity index (χ4v) is 0.622. The number of hydrogen-bond acceptors (Lipinski definition) is 3. The highest BCUT2D eigenvalue weighted by atomic mass is 16.4. The van der Waals surface area contributed by atoms with Crippen LogP contribution in [0, 0.1) is 0 Å². The SMILES string of the molecule is CNCCC[C@H](N)C(=O)O. The van der Waals surface area contributed by atoms with E-state index in [0.29, 0.717) is 6.42 Å². The first-order chi connectivity index (χ1) is 4.68. The van der Waals surface area contributed by atoms with E-state index in [0.717, 1.165) is 13.0 Å². The third-order valence-corrected chi connectivity index (χ3v) is 1.26. The average Bonchev–Trinajstić information content (AvgIpc) is 1.88. The summed E-state index contributed by atoms with van der Waals surface area (Å²) >= 11 is 0. The Bertz CT molecular complexity index is 106. The van der Waals surface area contributed by atoms with E-state index in [2.05, 4.69) is 5.32 Å². The zero-order chi connectivity index (χ0) is 7.98. The molecule has 4 N–H and O–H groups in total. The van der Waals surface area contributed by atoms with Crippen LogP contribution in [0.2, 0.25) is 0 Å². The molecule has 0 saturated heterocycles. The summed E-state index contributed by atoms with van der Waals surface area (Å²) in [4.78, 5) is 10.1. The topological polar surface area (TPSA) is 75.3 Å². The van der Waals surface area contributed by atoms with Crippen molar-refractivity contribution < 1.29 is 9.90 Å². The van der Waals surface area contributed by atoms with Crippen LogP contribution in [0.1, 0.15) is 12.8 Å². The summed E-state index contributed by atoms with van der Waals surface area (Å²) in [5.74, 6) is -0.920. The third-order valence-electron chi connectivity index (χ3n) is 1.26. The fourth-order valence-electron chi connectivity index (χ4n) is 0.622. The number of nitrogens with two attached hydrogens (primary N) is 1. The molecule has 0 fully saturated rings. The molecule has 0 rings (SSSR count). The lowest BCUT2D eigenvalue weighted by atomic mass is 10.2. The number of carboxylic acids is 1. The number of rotatable bonds is 5. The molecule has 0 radical (unpaired) electrons. The van der Waals surface area contributed by atoms with Crippen LogP contribution >= 0.6 is 0 Å². The predicted molar refractivity (Wildman–Crippen MR) is 38.8 cm³/mol. The highest BCUT2D eigenvalue weighted by Gasteiger charge is 2.09. The van der Waals surface area contributed by atoms with Crippen LogP contribution in [0.25, 0.3) is 0 Å². The molecule has 0 saturated carbocycles. The van der Waals surface area contributed by atoms with Gasteiger partial charge in [0.15, 0.2) is 0 Å². The summed E-state index contributed by atoms with van der Waals surface area (Å²) < 4.78 is 0. The minimum atomic E-state index is -0.920. The normalized spacial score (nSPS) is 13.0. The highest BCUT2D eigenvalue weighted by Crippen LogP contribution is 1.92. The molecule has 0 aliphatic heterocycles. The van der Waals surface area contributed by atoms with Gasteiger partial charge in [-0.15, -0.1) is 0 Å². The Balaban J connectivity index is 3.21. The van der Waals surface area contributed by atoms with Crippen LogP contribution in [0.3, 0.4) is 0 Å². The molecule has 1 atom stereocenters. The van der Waals surface area contributed by atoms with Crippen molar-refractivity contribution in [2.45, 2.75) is 18.9 Å². The van der Waals surface area contributed by atoms with E-state index in [9.17, 15) is 4.79 Å². The van der Waals surface area contributed by atoms with Crippen molar-refractivity contribution in [2.75, 3.05) is 13.6 Å². The largest absolute Gasteiger partial charge is 0.480 e. The Hall–Kier alpha value is -0.610. The lowest BCUT2D eigenvalue weighted by Gasteiger charge is -2.04. The van der Waals surface area contributed by atoms with E-state index >= 15 is 0 Å². The van der Waals surface area contributed by atoms with Gasteiger partial charge in [-0.05, 0) is 26.4 Å². The Morgan fingerprint density at radius 3 is 2.80 bits per heavy atom. The second kappa shape index (κ2) is 5.20. The van der Waals surface area contributed by atoms with Gasteiger partial charge in [-0.1, -0.05) is 0 Å². The first kappa shape index (κ1) is 9.39. The molecular weight excluding hydrogens is 132 g/mol. The lowest BCUT2D eigenvalue weighted by molar-refractivity contribution is -0.138. The molecule has 0 aromatic carbocycles. The van der Waals surface area contributed by atoms with Gasteiger partial charge in [-0.3, -0.25) is 4.79 Å². The summed E-state index contributed by atoms with van der Waals surface area (Å²) in [7, 11) is 1.83. The molecule has 0 aliphatic carbocycles. The molecule has 0 unspecified atom stereocenters. The van der Waals surface area contributed by atoms with Crippen LogP contribution in [0.5, 0.6) is 0 Å². The quantitative estimate of drug-likeness (QED) is 0.453. The summed E-state index contributed by atoms with van der Waals surface area (Å²) in [6.07, 6.45) is 1.35. The Morgan fingerprint density at radius 2 is 2.40 bits per heavy atom. The number of nitrogens with one attached hydrogen (secondary N) is 1. The summed E-state index contributed by atoms with van der Waals surface area (Å²) in [5, 5.41) is 11.2. The van der Waals surface area contributed by atoms with E-state index in [-0.39, 0.29) is 0 Å². The van der Waals surface area contributed by atoms with Crippen molar-refractivity contribution in [1.29, 1.82) is 0 Å². The zero-order valence-electron chi connectivity index (χ0n) is 6.13. The number of aliphatic carboxylic acids is 1. The van der Waals surface area contributed by atoms with E-state index in [1.807, 2.05) is 7.05 Å². The second-order valence-electron chi connectivity index (χ2n) is 2.19. The molecule has 60 valence electrons. The van der Waals surface area contributed by atoms with Crippen molar-refractivity contribution in [3.05, 3.63) is 0 Å². The predicted octanol–water partition coefficient (Wildman–Crippen LogP) is -0.602. The third kappa shape index (κ3) is 4.29. The maximum Gasteiger partial charge on any atom is 0.320 e. The van der Waals surface area contributed by atoms with Crippen molar-refractivity contribution in [1.82, 2.24) is 5.32 Å².